The second kappa shape index (κ2) is 4.69. The summed E-state index contributed by atoms with van der Waals surface area (Å²) in [6.45, 7) is 1.35. The van der Waals surface area contributed by atoms with Gasteiger partial charge in [0.2, 0.25) is 0 Å². The summed E-state index contributed by atoms with van der Waals surface area (Å²) in [5.74, 6) is 0. The highest BCUT2D eigenvalue weighted by Crippen LogP contribution is 2.17. The SMILES string of the molecule is CC(CO)(CO)N=Cc1c[nH]c2ccccc12. The number of para-hydroxylation sites is 1. The maximum atomic E-state index is 9.15. The molecule has 0 fully saturated rings. The van der Waals surface area contributed by atoms with Crippen molar-refractivity contribution >= 4 is 17.1 Å². The van der Waals surface area contributed by atoms with Gasteiger partial charge < -0.3 is 15.2 Å². The zero-order chi connectivity index (χ0) is 12.3. The first-order valence-electron chi connectivity index (χ1n) is 5.51. The van der Waals surface area contributed by atoms with Crippen molar-refractivity contribution in [1.82, 2.24) is 4.98 Å². The predicted octanol–water partition coefficient (Wildman–Crippen LogP) is 1.33. The summed E-state index contributed by atoms with van der Waals surface area (Å²) < 4.78 is 0. The Bertz CT molecular complexity index is 527. The zero-order valence-electron chi connectivity index (χ0n) is 9.72. The third-order valence-corrected chi connectivity index (χ3v) is 2.82. The minimum absolute atomic E-state index is 0.178. The topological polar surface area (TPSA) is 68.6 Å². The fourth-order valence-electron chi connectivity index (χ4n) is 1.56. The number of fused-ring (bicyclic) bond motifs is 1. The van der Waals surface area contributed by atoms with Crippen LogP contribution in [0.25, 0.3) is 10.9 Å². The van der Waals surface area contributed by atoms with E-state index in [1.165, 1.54) is 0 Å². The van der Waals surface area contributed by atoms with E-state index in [1.54, 1.807) is 13.1 Å². The standard InChI is InChI=1S/C13H16N2O2/c1-13(8-16,9-17)15-7-10-6-14-12-5-3-2-4-11(10)12/h2-7,14,16-17H,8-9H2,1H3. The number of aliphatic hydroxyl groups excluding tert-OH is 2. The fraction of sp³-hybridized carbons (Fsp3) is 0.308. The monoisotopic (exact) mass is 232 g/mol. The van der Waals surface area contributed by atoms with Gasteiger partial charge in [-0.25, -0.2) is 0 Å². The molecule has 0 aliphatic rings. The van der Waals surface area contributed by atoms with Crippen LogP contribution in [0, 0.1) is 0 Å². The minimum Gasteiger partial charge on any atom is -0.394 e. The molecule has 17 heavy (non-hydrogen) atoms. The summed E-state index contributed by atoms with van der Waals surface area (Å²) in [7, 11) is 0. The number of nitrogens with zero attached hydrogens (tertiary/aromatic N) is 1. The quantitative estimate of drug-likeness (QED) is 0.696. The van der Waals surface area contributed by atoms with Crippen molar-refractivity contribution in [3.8, 4) is 0 Å². The highest BCUT2D eigenvalue weighted by molar-refractivity contribution is 5.99. The fourth-order valence-corrected chi connectivity index (χ4v) is 1.56. The van der Waals surface area contributed by atoms with E-state index in [4.69, 9.17) is 10.2 Å². The molecule has 0 atom stereocenters. The summed E-state index contributed by atoms with van der Waals surface area (Å²) in [5, 5.41) is 19.4. The zero-order valence-corrected chi connectivity index (χ0v) is 9.72. The maximum absolute atomic E-state index is 9.15. The van der Waals surface area contributed by atoms with Crippen LogP contribution in [-0.2, 0) is 0 Å². The van der Waals surface area contributed by atoms with Gasteiger partial charge in [0.25, 0.3) is 0 Å². The van der Waals surface area contributed by atoms with Gasteiger partial charge in [-0.15, -0.1) is 0 Å². The van der Waals surface area contributed by atoms with Crippen molar-refractivity contribution in [2.75, 3.05) is 13.2 Å². The van der Waals surface area contributed by atoms with Crippen molar-refractivity contribution < 1.29 is 10.2 Å². The number of H-pyrrole nitrogens is 1. The van der Waals surface area contributed by atoms with E-state index in [-0.39, 0.29) is 13.2 Å². The molecule has 1 aromatic carbocycles. The van der Waals surface area contributed by atoms with E-state index >= 15 is 0 Å². The predicted molar refractivity (Wildman–Crippen MR) is 68.5 cm³/mol. The lowest BCUT2D eigenvalue weighted by atomic mass is 10.1. The van der Waals surface area contributed by atoms with E-state index in [1.807, 2.05) is 30.5 Å². The smallest absolute Gasteiger partial charge is 0.104 e. The molecule has 1 aromatic heterocycles. The van der Waals surface area contributed by atoms with Gasteiger partial charge in [0.05, 0.1) is 13.2 Å². The molecule has 3 N–H and O–H groups in total. The summed E-state index contributed by atoms with van der Waals surface area (Å²) in [6.07, 6.45) is 3.55. The van der Waals surface area contributed by atoms with Gasteiger partial charge in [0, 0.05) is 28.9 Å². The molecule has 0 aliphatic heterocycles. The van der Waals surface area contributed by atoms with Crippen LogP contribution in [0.4, 0.5) is 0 Å². The number of aromatic nitrogens is 1. The van der Waals surface area contributed by atoms with E-state index in [0.717, 1.165) is 16.5 Å². The molecule has 0 aliphatic carbocycles. The Kier molecular flexibility index (Phi) is 3.26. The molecule has 0 saturated heterocycles. The lowest BCUT2D eigenvalue weighted by molar-refractivity contribution is 0.136. The van der Waals surface area contributed by atoms with Crippen LogP contribution >= 0.6 is 0 Å². The van der Waals surface area contributed by atoms with Crippen LogP contribution < -0.4 is 0 Å². The highest BCUT2D eigenvalue weighted by atomic mass is 16.3. The van der Waals surface area contributed by atoms with Crippen LogP contribution in [0.5, 0.6) is 0 Å². The average Bonchev–Trinajstić information content (AvgIpc) is 2.79. The molecule has 90 valence electrons. The van der Waals surface area contributed by atoms with Crippen LogP contribution in [0.3, 0.4) is 0 Å². The highest BCUT2D eigenvalue weighted by Gasteiger charge is 2.19. The second-order valence-corrected chi connectivity index (χ2v) is 4.36. The molecule has 2 aromatic rings. The molecule has 4 nitrogen and oxygen atoms in total. The lowest BCUT2D eigenvalue weighted by Gasteiger charge is -2.18. The van der Waals surface area contributed by atoms with Crippen molar-refractivity contribution in [3.05, 3.63) is 36.0 Å². The summed E-state index contributed by atoms with van der Waals surface area (Å²) >= 11 is 0. The Morgan fingerprint density at radius 2 is 2.00 bits per heavy atom. The minimum atomic E-state index is -0.821. The molecule has 0 radical (unpaired) electrons. The molecule has 4 heteroatoms. The number of hydrogen-bond acceptors (Lipinski definition) is 3. The average molecular weight is 232 g/mol. The molecule has 0 saturated carbocycles. The number of rotatable bonds is 4. The normalized spacial score (nSPS) is 12.6. The van der Waals surface area contributed by atoms with Gasteiger partial charge in [-0.1, -0.05) is 18.2 Å². The van der Waals surface area contributed by atoms with Gasteiger partial charge in [-0.3, -0.25) is 4.99 Å². The molecule has 0 spiro atoms. The van der Waals surface area contributed by atoms with Gasteiger partial charge in [0.15, 0.2) is 0 Å². The van der Waals surface area contributed by atoms with Gasteiger partial charge >= 0.3 is 0 Å². The van der Waals surface area contributed by atoms with Crippen molar-refractivity contribution in [2.24, 2.45) is 4.99 Å². The third kappa shape index (κ3) is 2.38. The number of nitrogens with one attached hydrogen (secondary N) is 1. The Labute approximate surface area is 99.6 Å². The first-order chi connectivity index (χ1) is 8.18. The maximum Gasteiger partial charge on any atom is 0.104 e. The van der Waals surface area contributed by atoms with Gasteiger partial charge in [-0.05, 0) is 13.0 Å². The number of benzene rings is 1. The van der Waals surface area contributed by atoms with Gasteiger partial charge in [0.1, 0.15) is 5.54 Å². The number of aliphatic hydroxyl groups is 2. The summed E-state index contributed by atoms with van der Waals surface area (Å²) in [5.41, 5.74) is 1.18. The Morgan fingerprint density at radius 3 is 2.71 bits per heavy atom. The van der Waals surface area contributed by atoms with E-state index in [0.29, 0.717) is 0 Å². The summed E-state index contributed by atoms with van der Waals surface area (Å²) in [6, 6.07) is 7.92. The molecule has 0 unspecified atom stereocenters. The Morgan fingerprint density at radius 1 is 1.29 bits per heavy atom. The first-order valence-corrected chi connectivity index (χ1v) is 5.51. The second-order valence-electron chi connectivity index (χ2n) is 4.36. The molecule has 0 amide bonds. The Hall–Kier alpha value is -1.65. The molecular formula is C13H16N2O2. The molecule has 2 rings (SSSR count). The Balaban J connectivity index is 2.33. The van der Waals surface area contributed by atoms with Crippen LogP contribution in [0.2, 0.25) is 0 Å². The van der Waals surface area contributed by atoms with Crippen molar-refractivity contribution in [2.45, 2.75) is 12.5 Å². The van der Waals surface area contributed by atoms with Crippen LogP contribution in [0.15, 0.2) is 35.5 Å². The van der Waals surface area contributed by atoms with E-state index < -0.39 is 5.54 Å². The first kappa shape index (κ1) is 11.8. The van der Waals surface area contributed by atoms with Crippen LogP contribution in [-0.4, -0.2) is 40.2 Å². The molecule has 0 bridgehead atoms. The molecular weight excluding hydrogens is 216 g/mol. The molecule has 1 heterocycles. The number of hydrogen-bond donors (Lipinski definition) is 3. The lowest BCUT2D eigenvalue weighted by Crippen LogP contribution is -2.31. The van der Waals surface area contributed by atoms with Crippen molar-refractivity contribution in [3.63, 3.8) is 0 Å². The third-order valence-electron chi connectivity index (χ3n) is 2.82. The summed E-state index contributed by atoms with van der Waals surface area (Å²) in [4.78, 5) is 7.38. The largest absolute Gasteiger partial charge is 0.394 e. The van der Waals surface area contributed by atoms with Crippen LogP contribution in [0.1, 0.15) is 12.5 Å². The van der Waals surface area contributed by atoms with Crippen molar-refractivity contribution in [1.29, 1.82) is 0 Å². The van der Waals surface area contributed by atoms with Gasteiger partial charge in [-0.2, -0.15) is 0 Å². The number of aromatic amines is 1. The number of aliphatic imine (C=N–C) groups is 1. The van der Waals surface area contributed by atoms with E-state index in [2.05, 4.69) is 9.98 Å². The van der Waals surface area contributed by atoms with E-state index in [9.17, 15) is 0 Å².